The molecule has 0 amide bonds. The number of nitrogens with two attached hydrogens (primary N) is 2. The molecule has 1 saturated heterocycles. The van der Waals surface area contributed by atoms with Gasteiger partial charge >= 0.3 is 0 Å². The first-order valence-electron chi connectivity index (χ1n) is 9.89. The van der Waals surface area contributed by atoms with Gasteiger partial charge in [0.1, 0.15) is 29.2 Å². The summed E-state index contributed by atoms with van der Waals surface area (Å²) in [6.45, 7) is 1.15. The highest BCUT2D eigenvalue weighted by Crippen LogP contribution is 2.48. The second kappa shape index (κ2) is 6.88. The van der Waals surface area contributed by atoms with E-state index in [0.29, 0.717) is 35.9 Å². The van der Waals surface area contributed by atoms with E-state index in [0.717, 1.165) is 17.2 Å². The van der Waals surface area contributed by atoms with E-state index in [2.05, 4.69) is 10.3 Å². The van der Waals surface area contributed by atoms with Gasteiger partial charge in [-0.15, -0.1) is 0 Å². The van der Waals surface area contributed by atoms with Crippen LogP contribution in [0, 0.1) is 21.4 Å². The van der Waals surface area contributed by atoms with E-state index in [1.807, 2.05) is 48.5 Å². The molecule has 1 fully saturated rings. The molecular weight excluding hydrogens is 394 g/mol. The summed E-state index contributed by atoms with van der Waals surface area (Å²) in [5.41, 5.74) is 13.7. The zero-order valence-electron chi connectivity index (χ0n) is 16.5. The number of pyridine rings is 1. The number of rotatable bonds is 2. The van der Waals surface area contributed by atoms with Crippen LogP contribution in [0.1, 0.15) is 29.0 Å². The highest BCUT2D eigenvalue weighted by atomic mass is 16.6. The Hall–Kier alpha value is -4.32. The Labute approximate surface area is 177 Å². The van der Waals surface area contributed by atoms with Gasteiger partial charge in [-0.05, 0) is 28.8 Å². The summed E-state index contributed by atoms with van der Waals surface area (Å²) in [6, 6.07) is 15.5. The van der Waals surface area contributed by atoms with Crippen molar-refractivity contribution in [2.75, 3.05) is 29.5 Å². The van der Waals surface area contributed by atoms with E-state index < -0.39 is 5.92 Å². The van der Waals surface area contributed by atoms with Crippen molar-refractivity contribution >= 4 is 28.1 Å². The average molecular weight is 413 g/mol. The molecule has 9 heteroatoms. The number of anilines is 3. The van der Waals surface area contributed by atoms with E-state index in [9.17, 15) is 15.4 Å². The van der Waals surface area contributed by atoms with Gasteiger partial charge in [0, 0.05) is 18.7 Å². The molecule has 0 bridgehead atoms. The minimum absolute atomic E-state index is 0.00959. The Morgan fingerprint density at radius 2 is 2.00 bits per heavy atom. The SMILES string of the molecule is N#Cc1c(N)nc2c(c1N)C(c1ccc3ccccc3c1)C([N+](=O)[O-])=C1NCCCN12. The smallest absolute Gasteiger partial charge is 0.298 e. The number of nitrogen functional groups attached to an aromatic ring is 2. The molecule has 1 unspecified atom stereocenters. The molecule has 5 N–H and O–H groups in total. The molecule has 2 aromatic carbocycles. The monoisotopic (exact) mass is 413 g/mol. The number of nitrogens with zero attached hydrogens (tertiary/aromatic N) is 4. The maximum absolute atomic E-state index is 12.3. The molecule has 9 nitrogen and oxygen atoms in total. The number of hydrogen-bond acceptors (Lipinski definition) is 8. The second-order valence-corrected chi connectivity index (χ2v) is 7.60. The van der Waals surface area contributed by atoms with Crippen LogP contribution in [-0.2, 0) is 0 Å². The Kier molecular flexibility index (Phi) is 4.15. The predicted octanol–water partition coefficient (Wildman–Crippen LogP) is 2.66. The van der Waals surface area contributed by atoms with Crippen molar-refractivity contribution in [2.45, 2.75) is 12.3 Å². The van der Waals surface area contributed by atoms with E-state index in [1.165, 1.54) is 0 Å². The fourth-order valence-electron chi connectivity index (χ4n) is 4.50. The summed E-state index contributed by atoms with van der Waals surface area (Å²) < 4.78 is 0. The molecule has 154 valence electrons. The lowest BCUT2D eigenvalue weighted by Gasteiger charge is -2.38. The van der Waals surface area contributed by atoms with Crippen LogP contribution in [0.3, 0.4) is 0 Å². The normalized spacial score (nSPS) is 17.5. The third-order valence-corrected chi connectivity index (χ3v) is 5.88. The fraction of sp³-hybridized carbons (Fsp3) is 0.182. The van der Waals surface area contributed by atoms with Crippen molar-refractivity contribution in [3.63, 3.8) is 0 Å². The molecule has 0 aliphatic carbocycles. The van der Waals surface area contributed by atoms with Crippen molar-refractivity contribution in [1.82, 2.24) is 10.3 Å². The van der Waals surface area contributed by atoms with Crippen LogP contribution in [0.4, 0.5) is 17.3 Å². The van der Waals surface area contributed by atoms with Crippen molar-refractivity contribution < 1.29 is 4.92 Å². The Morgan fingerprint density at radius 3 is 2.74 bits per heavy atom. The summed E-state index contributed by atoms with van der Waals surface area (Å²) in [5, 5.41) is 27.1. The standard InChI is InChI=1S/C22H19N7O2/c23-11-15-18(24)17-16(14-7-6-12-4-1-2-5-13(12)10-14)19(29(30)31)22-26-8-3-9-28(22)21(17)27-20(15)25/h1-2,4-7,10,16,26H,3,8-9H2,(H4,24,25,27). The maximum atomic E-state index is 12.3. The quantitative estimate of drug-likeness (QED) is 0.429. The van der Waals surface area contributed by atoms with Gasteiger partial charge in [0.05, 0.1) is 10.6 Å². The summed E-state index contributed by atoms with van der Waals surface area (Å²) in [5.74, 6) is 0.0787. The number of nitro groups is 1. The minimum atomic E-state index is -0.799. The van der Waals surface area contributed by atoms with Crippen LogP contribution in [0.25, 0.3) is 10.8 Å². The number of benzene rings is 2. The van der Waals surface area contributed by atoms with E-state index >= 15 is 0 Å². The Balaban J connectivity index is 1.86. The van der Waals surface area contributed by atoms with Gasteiger partial charge in [-0.3, -0.25) is 10.1 Å². The zero-order valence-corrected chi connectivity index (χ0v) is 16.5. The molecule has 1 atom stereocenters. The van der Waals surface area contributed by atoms with E-state index in [-0.39, 0.29) is 27.7 Å². The lowest BCUT2D eigenvalue weighted by Crippen LogP contribution is -2.45. The number of allylic oxidation sites excluding steroid dienone is 1. The van der Waals surface area contributed by atoms with Crippen LogP contribution in [0.2, 0.25) is 0 Å². The van der Waals surface area contributed by atoms with Gasteiger partial charge in [0.25, 0.3) is 5.70 Å². The summed E-state index contributed by atoms with van der Waals surface area (Å²) >= 11 is 0. The van der Waals surface area contributed by atoms with Crippen molar-refractivity contribution in [1.29, 1.82) is 5.26 Å². The number of aromatic nitrogens is 1. The van der Waals surface area contributed by atoms with Gasteiger partial charge in [-0.2, -0.15) is 5.26 Å². The first-order chi connectivity index (χ1) is 15.0. The highest BCUT2D eigenvalue weighted by Gasteiger charge is 2.45. The predicted molar refractivity (Wildman–Crippen MR) is 118 cm³/mol. The molecule has 1 aromatic heterocycles. The second-order valence-electron chi connectivity index (χ2n) is 7.60. The zero-order chi connectivity index (χ0) is 21.7. The lowest BCUT2D eigenvalue weighted by atomic mass is 9.83. The molecule has 3 heterocycles. The topological polar surface area (TPSA) is 147 Å². The number of nitrogens with one attached hydrogen (secondary N) is 1. The molecule has 0 spiro atoms. The molecule has 2 aliphatic rings. The third-order valence-electron chi connectivity index (χ3n) is 5.88. The highest BCUT2D eigenvalue weighted by molar-refractivity contribution is 5.85. The summed E-state index contributed by atoms with van der Waals surface area (Å²) in [7, 11) is 0. The minimum Gasteiger partial charge on any atom is -0.397 e. The summed E-state index contributed by atoms with van der Waals surface area (Å²) in [6.07, 6.45) is 0.774. The molecular formula is C22H19N7O2. The van der Waals surface area contributed by atoms with Crippen LogP contribution in [0.5, 0.6) is 0 Å². The van der Waals surface area contributed by atoms with Crippen molar-refractivity contribution in [2.24, 2.45) is 0 Å². The maximum Gasteiger partial charge on any atom is 0.298 e. The largest absolute Gasteiger partial charge is 0.397 e. The molecule has 31 heavy (non-hydrogen) atoms. The van der Waals surface area contributed by atoms with Gasteiger partial charge in [0.2, 0.25) is 0 Å². The van der Waals surface area contributed by atoms with Gasteiger partial charge in [0.15, 0.2) is 5.82 Å². The van der Waals surface area contributed by atoms with Gasteiger partial charge in [-0.1, -0.05) is 36.4 Å². The van der Waals surface area contributed by atoms with Crippen LogP contribution < -0.4 is 21.7 Å². The number of fused-ring (bicyclic) bond motifs is 4. The Morgan fingerprint density at radius 1 is 1.23 bits per heavy atom. The van der Waals surface area contributed by atoms with E-state index in [4.69, 9.17) is 11.5 Å². The van der Waals surface area contributed by atoms with Crippen molar-refractivity contribution in [3.8, 4) is 6.07 Å². The molecule has 5 rings (SSSR count). The fourth-order valence-corrected chi connectivity index (χ4v) is 4.50. The lowest BCUT2D eigenvalue weighted by molar-refractivity contribution is -0.431. The third kappa shape index (κ3) is 2.73. The van der Waals surface area contributed by atoms with Crippen LogP contribution >= 0.6 is 0 Å². The molecule has 2 aliphatic heterocycles. The molecule has 0 radical (unpaired) electrons. The molecule has 3 aromatic rings. The first-order valence-corrected chi connectivity index (χ1v) is 9.89. The van der Waals surface area contributed by atoms with Crippen molar-refractivity contribution in [3.05, 3.63) is 80.8 Å². The van der Waals surface area contributed by atoms with Gasteiger partial charge in [-0.25, -0.2) is 4.98 Å². The first kappa shape index (κ1) is 18.7. The summed E-state index contributed by atoms with van der Waals surface area (Å²) in [4.78, 5) is 18.2. The number of nitriles is 1. The van der Waals surface area contributed by atoms with Gasteiger partial charge < -0.3 is 21.7 Å². The Bertz CT molecular complexity index is 1330. The molecule has 0 saturated carbocycles. The van der Waals surface area contributed by atoms with E-state index in [1.54, 1.807) is 4.90 Å². The van der Waals surface area contributed by atoms with Crippen LogP contribution in [-0.4, -0.2) is 23.0 Å². The average Bonchev–Trinajstić information content (AvgIpc) is 2.78. The van der Waals surface area contributed by atoms with Crippen LogP contribution in [0.15, 0.2) is 54.0 Å². The number of hydrogen-bond donors (Lipinski definition) is 3.